The first-order valence-electron chi connectivity index (χ1n) is 9.39. The molecule has 152 valence electrons. The number of carbonyl (C=O) groups excluding carboxylic acids is 1. The fraction of sp³-hybridized carbons (Fsp3) is 0.450. The molecule has 3 rings (SSSR count). The minimum Gasteiger partial charge on any atom is -0.468 e. The van der Waals surface area contributed by atoms with E-state index >= 15 is 0 Å². The predicted molar refractivity (Wildman–Crippen MR) is 104 cm³/mol. The lowest BCUT2D eigenvalue weighted by molar-refractivity contribution is -0.145. The van der Waals surface area contributed by atoms with Gasteiger partial charge in [-0.25, -0.2) is 8.42 Å². The fourth-order valence-corrected chi connectivity index (χ4v) is 4.83. The van der Waals surface area contributed by atoms with Gasteiger partial charge in [0.05, 0.1) is 30.7 Å². The van der Waals surface area contributed by atoms with Gasteiger partial charge in [-0.3, -0.25) is 9.69 Å². The molecule has 8 heteroatoms. The van der Waals surface area contributed by atoms with E-state index in [1.807, 2.05) is 19.1 Å². The van der Waals surface area contributed by atoms with Crippen LogP contribution in [0.15, 0.2) is 52.0 Å². The number of esters is 1. The van der Waals surface area contributed by atoms with E-state index in [0.29, 0.717) is 26.2 Å². The Hall–Kier alpha value is -2.16. The van der Waals surface area contributed by atoms with Crippen molar-refractivity contribution in [3.8, 4) is 0 Å². The Morgan fingerprint density at radius 2 is 1.96 bits per heavy atom. The lowest BCUT2D eigenvalue weighted by Crippen LogP contribution is -2.54. The fourth-order valence-electron chi connectivity index (χ4n) is 3.36. The van der Waals surface area contributed by atoms with E-state index in [4.69, 9.17) is 9.15 Å². The van der Waals surface area contributed by atoms with Crippen molar-refractivity contribution in [2.45, 2.75) is 37.8 Å². The Balaban J connectivity index is 1.78. The number of nitrogens with zero attached hydrogens (tertiary/aromatic N) is 2. The van der Waals surface area contributed by atoms with Gasteiger partial charge in [0.15, 0.2) is 0 Å². The van der Waals surface area contributed by atoms with Crippen molar-refractivity contribution in [2.75, 3.05) is 26.2 Å². The maximum atomic E-state index is 13.1. The molecule has 1 atom stereocenters. The molecule has 1 aliphatic rings. The number of hydrogen-bond donors (Lipinski definition) is 0. The molecule has 1 saturated heterocycles. The Bertz CT molecular complexity index is 878. The molecule has 1 unspecified atom stereocenters. The second-order valence-electron chi connectivity index (χ2n) is 6.89. The summed E-state index contributed by atoms with van der Waals surface area (Å²) in [5.74, 6) is 0.454. The van der Waals surface area contributed by atoms with E-state index in [1.54, 1.807) is 37.5 Å². The largest absolute Gasteiger partial charge is 0.468 e. The van der Waals surface area contributed by atoms with Crippen molar-refractivity contribution in [1.29, 1.82) is 0 Å². The van der Waals surface area contributed by atoms with Crippen LogP contribution >= 0.6 is 0 Å². The molecule has 1 aromatic carbocycles. The van der Waals surface area contributed by atoms with E-state index in [1.165, 1.54) is 4.31 Å². The SMILES string of the molecule is CCOC(=O)CC1CN(S(=O)(=O)c2ccc(C)cc2)CCN1Cc1ccco1. The van der Waals surface area contributed by atoms with Gasteiger partial charge in [-0.05, 0) is 38.1 Å². The van der Waals surface area contributed by atoms with Gasteiger partial charge >= 0.3 is 5.97 Å². The molecule has 0 bridgehead atoms. The molecular formula is C20H26N2O5S. The first-order chi connectivity index (χ1) is 13.4. The third-order valence-corrected chi connectivity index (χ3v) is 6.75. The van der Waals surface area contributed by atoms with Gasteiger partial charge in [-0.2, -0.15) is 4.31 Å². The smallest absolute Gasteiger partial charge is 0.307 e. The van der Waals surface area contributed by atoms with E-state index < -0.39 is 10.0 Å². The lowest BCUT2D eigenvalue weighted by atomic mass is 10.1. The Kier molecular flexibility index (Phi) is 6.53. The van der Waals surface area contributed by atoms with Gasteiger partial charge in [-0.15, -0.1) is 0 Å². The monoisotopic (exact) mass is 406 g/mol. The lowest BCUT2D eigenvalue weighted by Gasteiger charge is -2.40. The summed E-state index contributed by atoms with van der Waals surface area (Å²) >= 11 is 0. The highest BCUT2D eigenvalue weighted by molar-refractivity contribution is 7.89. The molecule has 7 nitrogen and oxygen atoms in total. The predicted octanol–water partition coefficient (Wildman–Crippen LogP) is 2.42. The first kappa shape index (κ1) is 20.6. The van der Waals surface area contributed by atoms with Crippen LogP contribution in [-0.4, -0.2) is 55.9 Å². The number of aryl methyl sites for hydroxylation is 1. The van der Waals surface area contributed by atoms with Crippen molar-refractivity contribution in [1.82, 2.24) is 9.21 Å². The summed E-state index contributed by atoms with van der Waals surface area (Å²) in [5.41, 5.74) is 1.00. The van der Waals surface area contributed by atoms with Crippen molar-refractivity contribution < 1.29 is 22.4 Å². The first-order valence-corrected chi connectivity index (χ1v) is 10.8. The van der Waals surface area contributed by atoms with Crippen LogP contribution < -0.4 is 0 Å². The molecule has 2 heterocycles. The third-order valence-electron chi connectivity index (χ3n) is 4.87. The summed E-state index contributed by atoms with van der Waals surface area (Å²) in [6.45, 7) is 5.60. The summed E-state index contributed by atoms with van der Waals surface area (Å²) in [7, 11) is -3.61. The van der Waals surface area contributed by atoms with Gasteiger partial charge in [0.25, 0.3) is 0 Å². The summed E-state index contributed by atoms with van der Waals surface area (Å²) in [6.07, 6.45) is 1.74. The molecule has 1 aliphatic heterocycles. The highest BCUT2D eigenvalue weighted by atomic mass is 32.2. The zero-order valence-electron chi connectivity index (χ0n) is 16.2. The van der Waals surface area contributed by atoms with Crippen LogP contribution in [0.2, 0.25) is 0 Å². The Morgan fingerprint density at radius 3 is 2.61 bits per heavy atom. The molecule has 0 amide bonds. The summed E-state index contributed by atoms with van der Waals surface area (Å²) in [6, 6.07) is 10.2. The molecule has 0 radical (unpaired) electrons. The number of benzene rings is 1. The minimum atomic E-state index is -3.61. The molecule has 1 aromatic heterocycles. The van der Waals surface area contributed by atoms with Crippen LogP contribution in [0.5, 0.6) is 0 Å². The second-order valence-corrected chi connectivity index (χ2v) is 8.83. The number of ether oxygens (including phenoxy) is 1. The zero-order valence-corrected chi connectivity index (χ0v) is 17.0. The van der Waals surface area contributed by atoms with Gasteiger partial charge in [0, 0.05) is 25.7 Å². The van der Waals surface area contributed by atoms with E-state index in [0.717, 1.165) is 11.3 Å². The van der Waals surface area contributed by atoms with Gasteiger partial charge < -0.3 is 9.15 Å². The molecule has 0 spiro atoms. The number of rotatable bonds is 7. The number of sulfonamides is 1. The molecular weight excluding hydrogens is 380 g/mol. The molecule has 28 heavy (non-hydrogen) atoms. The second kappa shape index (κ2) is 8.89. The molecule has 0 N–H and O–H groups in total. The number of carbonyl (C=O) groups is 1. The van der Waals surface area contributed by atoms with Crippen LogP contribution in [0.3, 0.4) is 0 Å². The topological polar surface area (TPSA) is 80.1 Å². The normalized spacial score (nSPS) is 18.9. The van der Waals surface area contributed by atoms with Crippen LogP contribution in [0.25, 0.3) is 0 Å². The third kappa shape index (κ3) is 4.81. The van der Waals surface area contributed by atoms with Gasteiger partial charge in [-0.1, -0.05) is 17.7 Å². The highest BCUT2D eigenvalue weighted by Crippen LogP contribution is 2.23. The van der Waals surface area contributed by atoms with Crippen molar-refractivity contribution >= 4 is 16.0 Å². The van der Waals surface area contributed by atoms with Crippen molar-refractivity contribution in [3.63, 3.8) is 0 Å². The average Bonchev–Trinajstić information content (AvgIpc) is 3.17. The van der Waals surface area contributed by atoms with Crippen LogP contribution in [0.1, 0.15) is 24.7 Å². The Morgan fingerprint density at radius 1 is 1.21 bits per heavy atom. The van der Waals surface area contributed by atoms with Crippen molar-refractivity contribution in [3.05, 3.63) is 54.0 Å². The molecule has 2 aromatic rings. The minimum absolute atomic E-state index is 0.133. The van der Waals surface area contributed by atoms with E-state index in [9.17, 15) is 13.2 Å². The van der Waals surface area contributed by atoms with Crippen LogP contribution in [0, 0.1) is 6.92 Å². The van der Waals surface area contributed by atoms with Crippen LogP contribution in [-0.2, 0) is 26.1 Å². The van der Waals surface area contributed by atoms with E-state index in [2.05, 4.69) is 4.90 Å². The Labute approximate surface area is 165 Å². The molecule has 1 fully saturated rings. The maximum Gasteiger partial charge on any atom is 0.307 e. The van der Waals surface area contributed by atoms with E-state index in [-0.39, 0.29) is 29.9 Å². The maximum absolute atomic E-state index is 13.1. The molecule has 0 aliphatic carbocycles. The molecule has 0 saturated carbocycles. The number of furan rings is 1. The number of piperazine rings is 1. The summed E-state index contributed by atoms with van der Waals surface area (Å²) in [4.78, 5) is 14.4. The quantitative estimate of drug-likeness (QED) is 0.657. The van der Waals surface area contributed by atoms with Crippen molar-refractivity contribution in [2.24, 2.45) is 0 Å². The number of hydrogen-bond acceptors (Lipinski definition) is 6. The zero-order chi connectivity index (χ0) is 20.1. The summed E-state index contributed by atoms with van der Waals surface area (Å²) in [5, 5.41) is 0. The standard InChI is InChI=1S/C20H26N2O5S/c1-3-26-20(23)13-17-14-22(11-10-21(17)15-18-5-4-12-27-18)28(24,25)19-8-6-16(2)7-9-19/h4-9,12,17H,3,10-11,13-15H2,1-2H3. The average molecular weight is 407 g/mol. The van der Waals surface area contributed by atoms with Gasteiger partial charge in [0.1, 0.15) is 5.76 Å². The summed E-state index contributed by atoms with van der Waals surface area (Å²) < 4.78 is 38.1. The van der Waals surface area contributed by atoms with Gasteiger partial charge in [0.2, 0.25) is 10.0 Å². The van der Waals surface area contributed by atoms with Crippen LogP contribution in [0.4, 0.5) is 0 Å². The highest BCUT2D eigenvalue weighted by Gasteiger charge is 2.35.